The van der Waals surface area contributed by atoms with Crippen LogP contribution in [0, 0.1) is 0 Å². The minimum absolute atomic E-state index is 0.347. The third kappa shape index (κ3) is 3.21. The van der Waals surface area contributed by atoms with E-state index in [9.17, 15) is 9.59 Å². The highest BCUT2D eigenvalue weighted by atomic mass is 35.5. The normalized spacial score (nSPS) is 12.1. The molecule has 0 saturated heterocycles. The second-order valence-corrected chi connectivity index (χ2v) is 4.59. The Kier molecular flexibility index (Phi) is 4.11. The molecule has 0 bridgehead atoms. The maximum atomic E-state index is 11.5. The third-order valence-corrected chi connectivity index (χ3v) is 3.04. The molecule has 0 unspecified atom stereocenters. The van der Waals surface area contributed by atoms with Gasteiger partial charge in [0.15, 0.2) is 0 Å². The zero-order valence-electron chi connectivity index (χ0n) is 7.99. The number of carbonyl (C=O) groups excluding carboxylic acids is 1. The first-order valence-corrected chi connectivity index (χ1v) is 5.53. The Balaban J connectivity index is 2.66. The number of rotatable bonds is 4. The van der Waals surface area contributed by atoms with Crippen LogP contribution in [0.4, 0.5) is 0 Å². The van der Waals surface area contributed by atoms with Crippen molar-refractivity contribution in [2.45, 2.75) is 19.4 Å². The summed E-state index contributed by atoms with van der Waals surface area (Å²) in [4.78, 5) is 22.6. The number of carboxylic acid groups (broad SMARTS) is 1. The Morgan fingerprint density at radius 1 is 1.60 bits per heavy atom. The van der Waals surface area contributed by atoms with Gasteiger partial charge in [-0.05, 0) is 18.6 Å². The second-order valence-electron chi connectivity index (χ2n) is 2.88. The molecule has 0 aromatic carbocycles. The van der Waals surface area contributed by atoms with Crippen molar-refractivity contribution in [3.8, 4) is 0 Å². The van der Waals surface area contributed by atoms with Gasteiger partial charge in [0.1, 0.15) is 6.04 Å². The molecule has 82 valence electrons. The van der Waals surface area contributed by atoms with Crippen LogP contribution >= 0.6 is 22.9 Å². The molecule has 15 heavy (non-hydrogen) atoms. The lowest BCUT2D eigenvalue weighted by atomic mass is 10.2. The van der Waals surface area contributed by atoms with Gasteiger partial charge in [0.05, 0.1) is 9.21 Å². The summed E-state index contributed by atoms with van der Waals surface area (Å²) in [7, 11) is 0. The maximum absolute atomic E-state index is 11.5. The van der Waals surface area contributed by atoms with Crippen LogP contribution in [0.5, 0.6) is 0 Å². The van der Waals surface area contributed by atoms with E-state index in [1.165, 1.54) is 0 Å². The van der Waals surface area contributed by atoms with Gasteiger partial charge in [0, 0.05) is 0 Å². The van der Waals surface area contributed by atoms with Gasteiger partial charge in [-0.2, -0.15) is 0 Å². The Labute approximate surface area is 95.9 Å². The molecular formula is C9H10ClNO3S. The predicted molar refractivity (Wildman–Crippen MR) is 58.5 cm³/mol. The summed E-state index contributed by atoms with van der Waals surface area (Å²) in [6, 6.07) is 2.32. The minimum atomic E-state index is -1.03. The molecule has 0 spiro atoms. The molecule has 0 radical (unpaired) electrons. The van der Waals surface area contributed by atoms with E-state index in [2.05, 4.69) is 5.32 Å². The number of hydrogen-bond acceptors (Lipinski definition) is 3. The van der Waals surface area contributed by atoms with Crippen molar-refractivity contribution in [2.24, 2.45) is 0 Å². The number of carboxylic acids is 1. The Hall–Kier alpha value is -1.07. The minimum Gasteiger partial charge on any atom is -0.480 e. The van der Waals surface area contributed by atoms with Gasteiger partial charge in [-0.25, -0.2) is 4.79 Å². The standard InChI is InChI=1S/C9H10ClNO3S/c1-2-5(9(13)14)11-8(12)6-3-4-7(10)15-6/h3-5H,2H2,1H3,(H,11,12)(H,13,14)/t5-/m1/s1. The first-order valence-electron chi connectivity index (χ1n) is 4.33. The number of amides is 1. The van der Waals surface area contributed by atoms with E-state index in [0.717, 1.165) is 11.3 Å². The number of hydrogen-bond donors (Lipinski definition) is 2. The van der Waals surface area contributed by atoms with Crippen molar-refractivity contribution >= 4 is 34.8 Å². The molecule has 0 saturated carbocycles. The summed E-state index contributed by atoms with van der Waals surface area (Å²) in [5, 5.41) is 11.1. The molecule has 4 nitrogen and oxygen atoms in total. The predicted octanol–water partition coefficient (Wildman–Crippen LogP) is 1.99. The fourth-order valence-corrected chi connectivity index (χ4v) is 1.95. The second kappa shape index (κ2) is 5.14. The van der Waals surface area contributed by atoms with E-state index < -0.39 is 17.9 Å². The molecule has 1 amide bonds. The van der Waals surface area contributed by atoms with E-state index in [0.29, 0.717) is 15.6 Å². The molecule has 1 aromatic heterocycles. The smallest absolute Gasteiger partial charge is 0.326 e. The van der Waals surface area contributed by atoms with Crippen LogP contribution in [0.25, 0.3) is 0 Å². The molecule has 0 fully saturated rings. The van der Waals surface area contributed by atoms with Gasteiger partial charge < -0.3 is 10.4 Å². The zero-order valence-corrected chi connectivity index (χ0v) is 9.56. The Morgan fingerprint density at radius 2 is 2.27 bits per heavy atom. The lowest BCUT2D eigenvalue weighted by Crippen LogP contribution is -2.39. The van der Waals surface area contributed by atoms with E-state index >= 15 is 0 Å². The van der Waals surface area contributed by atoms with Gasteiger partial charge in [0.2, 0.25) is 0 Å². The van der Waals surface area contributed by atoms with Crippen LogP contribution in [-0.2, 0) is 4.79 Å². The zero-order chi connectivity index (χ0) is 11.4. The highest BCUT2D eigenvalue weighted by molar-refractivity contribution is 7.18. The van der Waals surface area contributed by atoms with Crippen molar-refractivity contribution in [1.29, 1.82) is 0 Å². The largest absolute Gasteiger partial charge is 0.480 e. The van der Waals surface area contributed by atoms with Gasteiger partial charge in [0.25, 0.3) is 5.91 Å². The summed E-state index contributed by atoms with van der Waals surface area (Å²) in [6.45, 7) is 1.69. The molecule has 1 rings (SSSR count). The average molecular weight is 248 g/mol. The van der Waals surface area contributed by atoms with E-state index in [1.54, 1.807) is 19.1 Å². The first kappa shape index (κ1) is 12.0. The van der Waals surface area contributed by atoms with Crippen LogP contribution in [0.3, 0.4) is 0 Å². The number of carbonyl (C=O) groups is 2. The van der Waals surface area contributed by atoms with Crippen LogP contribution in [0.2, 0.25) is 4.34 Å². The van der Waals surface area contributed by atoms with Gasteiger partial charge >= 0.3 is 5.97 Å². The van der Waals surface area contributed by atoms with Gasteiger partial charge in [-0.3, -0.25) is 4.79 Å². The summed E-state index contributed by atoms with van der Waals surface area (Å²) in [5.74, 6) is -1.44. The molecule has 2 N–H and O–H groups in total. The molecule has 0 aliphatic rings. The van der Waals surface area contributed by atoms with E-state index in [4.69, 9.17) is 16.7 Å². The van der Waals surface area contributed by atoms with Crippen LogP contribution in [0.1, 0.15) is 23.0 Å². The highest BCUT2D eigenvalue weighted by Crippen LogP contribution is 2.21. The Morgan fingerprint density at radius 3 is 2.67 bits per heavy atom. The summed E-state index contributed by atoms with van der Waals surface area (Å²) in [5.41, 5.74) is 0. The SMILES string of the molecule is CC[C@@H](NC(=O)c1ccc(Cl)s1)C(=O)O. The summed E-state index contributed by atoms with van der Waals surface area (Å²) >= 11 is 6.78. The van der Waals surface area contributed by atoms with Gasteiger partial charge in [-0.1, -0.05) is 18.5 Å². The fourth-order valence-electron chi connectivity index (χ4n) is 1.00. The van der Waals surface area contributed by atoms with Crippen molar-refractivity contribution in [3.05, 3.63) is 21.3 Å². The number of thiophene rings is 1. The van der Waals surface area contributed by atoms with Crippen LogP contribution in [0.15, 0.2) is 12.1 Å². The highest BCUT2D eigenvalue weighted by Gasteiger charge is 2.19. The van der Waals surface area contributed by atoms with Crippen molar-refractivity contribution in [3.63, 3.8) is 0 Å². The van der Waals surface area contributed by atoms with Gasteiger partial charge in [-0.15, -0.1) is 11.3 Å². The molecule has 6 heteroatoms. The molecular weight excluding hydrogens is 238 g/mol. The maximum Gasteiger partial charge on any atom is 0.326 e. The molecule has 1 atom stereocenters. The first-order chi connectivity index (χ1) is 7.04. The van der Waals surface area contributed by atoms with Crippen LogP contribution in [-0.4, -0.2) is 23.0 Å². The summed E-state index contributed by atoms with van der Waals surface area (Å²) in [6.07, 6.45) is 0.347. The third-order valence-electron chi connectivity index (χ3n) is 1.81. The van der Waals surface area contributed by atoms with Crippen LogP contribution < -0.4 is 5.32 Å². The topological polar surface area (TPSA) is 66.4 Å². The van der Waals surface area contributed by atoms with Crippen molar-refractivity contribution in [2.75, 3.05) is 0 Å². The van der Waals surface area contributed by atoms with E-state index in [1.807, 2.05) is 0 Å². The Bertz CT molecular complexity index is 377. The summed E-state index contributed by atoms with van der Waals surface area (Å²) < 4.78 is 0.503. The number of halogens is 1. The van der Waals surface area contributed by atoms with Crippen molar-refractivity contribution in [1.82, 2.24) is 5.32 Å². The average Bonchev–Trinajstić information content (AvgIpc) is 2.60. The molecule has 1 aromatic rings. The molecule has 0 aliphatic heterocycles. The number of nitrogens with one attached hydrogen (secondary N) is 1. The quantitative estimate of drug-likeness (QED) is 0.855. The number of aliphatic carboxylic acids is 1. The monoisotopic (exact) mass is 247 g/mol. The van der Waals surface area contributed by atoms with E-state index in [-0.39, 0.29) is 0 Å². The van der Waals surface area contributed by atoms with Crippen molar-refractivity contribution < 1.29 is 14.7 Å². The lowest BCUT2D eigenvalue weighted by molar-refractivity contribution is -0.139. The molecule has 1 heterocycles. The lowest BCUT2D eigenvalue weighted by Gasteiger charge is -2.10. The molecule has 0 aliphatic carbocycles. The fraction of sp³-hybridized carbons (Fsp3) is 0.333.